The standard InChI is InChI=1S/C11H9BrF3NO2/c1-18-10(17)2-3-16-9-5-7(11(13,14)15)4-8(12)6-9/h2-6,16H,1H3/b3-2+. The maximum Gasteiger partial charge on any atom is 0.416 e. The Labute approximate surface area is 110 Å². The molecular formula is C11H9BrF3NO2. The molecule has 7 heteroatoms. The second-order valence-corrected chi connectivity index (χ2v) is 4.14. The molecule has 0 saturated heterocycles. The van der Waals surface area contributed by atoms with Gasteiger partial charge in [-0.2, -0.15) is 13.2 Å². The molecule has 1 aromatic carbocycles. The molecule has 0 atom stereocenters. The van der Waals surface area contributed by atoms with Gasteiger partial charge in [-0.05, 0) is 18.2 Å². The normalized spacial score (nSPS) is 11.6. The fourth-order valence-corrected chi connectivity index (χ4v) is 1.60. The summed E-state index contributed by atoms with van der Waals surface area (Å²) in [6.07, 6.45) is -2.16. The van der Waals surface area contributed by atoms with E-state index >= 15 is 0 Å². The second kappa shape index (κ2) is 5.90. The molecule has 0 aromatic heterocycles. The third-order valence-electron chi connectivity index (χ3n) is 1.90. The molecule has 0 aliphatic rings. The Hall–Kier alpha value is -1.50. The number of methoxy groups -OCH3 is 1. The molecule has 0 unspecified atom stereocenters. The van der Waals surface area contributed by atoms with Gasteiger partial charge in [0.2, 0.25) is 0 Å². The Morgan fingerprint density at radius 1 is 1.39 bits per heavy atom. The van der Waals surface area contributed by atoms with Crippen molar-refractivity contribution in [3.8, 4) is 0 Å². The predicted molar refractivity (Wildman–Crippen MR) is 63.9 cm³/mol. The molecule has 0 fully saturated rings. The number of esters is 1. The van der Waals surface area contributed by atoms with E-state index in [4.69, 9.17) is 0 Å². The number of ether oxygens (including phenoxy) is 1. The lowest BCUT2D eigenvalue weighted by Gasteiger charge is -2.09. The molecule has 98 valence electrons. The van der Waals surface area contributed by atoms with E-state index in [2.05, 4.69) is 26.0 Å². The number of anilines is 1. The van der Waals surface area contributed by atoms with Crippen molar-refractivity contribution in [2.45, 2.75) is 6.18 Å². The molecule has 0 heterocycles. The maximum absolute atomic E-state index is 12.5. The molecule has 0 bridgehead atoms. The van der Waals surface area contributed by atoms with Crippen LogP contribution in [0.3, 0.4) is 0 Å². The van der Waals surface area contributed by atoms with Gasteiger partial charge in [-0.3, -0.25) is 0 Å². The molecule has 0 saturated carbocycles. The smallest absolute Gasteiger partial charge is 0.416 e. The van der Waals surface area contributed by atoms with E-state index in [-0.39, 0.29) is 10.2 Å². The summed E-state index contributed by atoms with van der Waals surface area (Å²) in [6, 6.07) is 3.36. The summed E-state index contributed by atoms with van der Waals surface area (Å²) in [6.45, 7) is 0. The summed E-state index contributed by atoms with van der Waals surface area (Å²) < 4.78 is 42.2. The molecule has 0 aliphatic heterocycles. The Kier molecular flexibility index (Phi) is 4.77. The topological polar surface area (TPSA) is 38.3 Å². The van der Waals surface area contributed by atoms with E-state index in [1.165, 1.54) is 19.4 Å². The van der Waals surface area contributed by atoms with Crippen molar-refractivity contribution in [1.29, 1.82) is 0 Å². The zero-order chi connectivity index (χ0) is 13.8. The Morgan fingerprint density at radius 3 is 2.61 bits per heavy atom. The van der Waals surface area contributed by atoms with Crippen molar-refractivity contribution in [2.75, 3.05) is 12.4 Å². The molecule has 1 aromatic rings. The van der Waals surface area contributed by atoms with Crippen LogP contribution in [0.1, 0.15) is 5.56 Å². The van der Waals surface area contributed by atoms with Crippen molar-refractivity contribution in [3.63, 3.8) is 0 Å². The SMILES string of the molecule is COC(=O)/C=C/Nc1cc(Br)cc(C(F)(F)F)c1. The quantitative estimate of drug-likeness (QED) is 0.682. The lowest BCUT2D eigenvalue weighted by atomic mass is 10.2. The number of rotatable bonds is 3. The number of benzene rings is 1. The highest BCUT2D eigenvalue weighted by Gasteiger charge is 2.30. The van der Waals surface area contributed by atoms with Gasteiger partial charge >= 0.3 is 12.1 Å². The second-order valence-electron chi connectivity index (χ2n) is 3.23. The molecule has 0 spiro atoms. The third-order valence-corrected chi connectivity index (χ3v) is 2.35. The fraction of sp³-hybridized carbons (Fsp3) is 0.182. The van der Waals surface area contributed by atoms with E-state index in [1.807, 2.05) is 0 Å². The monoisotopic (exact) mass is 323 g/mol. The predicted octanol–water partition coefficient (Wildman–Crippen LogP) is 3.57. The van der Waals surface area contributed by atoms with Gasteiger partial charge in [0.25, 0.3) is 0 Å². The van der Waals surface area contributed by atoms with Gasteiger partial charge in [0.1, 0.15) is 0 Å². The number of alkyl halides is 3. The highest BCUT2D eigenvalue weighted by molar-refractivity contribution is 9.10. The van der Waals surface area contributed by atoms with Crippen LogP contribution in [0.25, 0.3) is 0 Å². The maximum atomic E-state index is 12.5. The zero-order valence-corrected chi connectivity index (χ0v) is 10.8. The summed E-state index contributed by atoms with van der Waals surface area (Å²) in [5, 5.41) is 2.55. The average molecular weight is 324 g/mol. The molecule has 3 nitrogen and oxygen atoms in total. The van der Waals surface area contributed by atoms with Gasteiger partial charge in [0.15, 0.2) is 0 Å². The van der Waals surface area contributed by atoms with Crippen LogP contribution in [-0.4, -0.2) is 13.1 Å². The van der Waals surface area contributed by atoms with Gasteiger partial charge in [-0.15, -0.1) is 0 Å². The molecule has 1 rings (SSSR count). The number of hydrogen-bond donors (Lipinski definition) is 1. The molecule has 0 amide bonds. The summed E-state index contributed by atoms with van der Waals surface area (Å²) in [4.78, 5) is 10.8. The fourth-order valence-electron chi connectivity index (χ4n) is 1.11. The first-order valence-corrected chi connectivity index (χ1v) is 5.51. The van der Waals surface area contributed by atoms with Crippen LogP contribution >= 0.6 is 15.9 Å². The van der Waals surface area contributed by atoms with Gasteiger partial charge < -0.3 is 10.1 Å². The van der Waals surface area contributed by atoms with Gasteiger partial charge in [-0.1, -0.05) is 15.9 Å². The number of carbonyl (C=O) groups excluding carboxylic acids is 1. The Morgan fingerprint density at radius 2 is 2.06 bits per heavy atom. The number of carbonyl (C=O) groups is 1. The van der Waals surface area contributed by atoms with Crippen molar-refractivity contribution >= 4 is 27.6 Å². The zero-order valence-electron chi connectivity index (χ0n) is 9.22. The molecule has 0 radical (unpaired) electrons. The van der Waals surface area contributed by atoms with Crippen molar-refractivity contribution in [3.05, 3.63) is 40.5 Å². The first-order chi connectivity index (χ1) is 8.32. The molecule has 1 N–H and O–H groups in total. The molecule has 18 heavy (non-hydrogen) atoms. The van der Waals surface area contributed by atoms with Crippen LogP contribution in [-0.2, 0) is 15.7 Å². The van der Waals surface area contributed by atoms with E-state index in [9.17, 15) is 18.0 Å². The van der Waals surface area contributed by atoms with Gasteiger partial charge in [-0.25, -0.2) is 4.79 Å². The van der Waals surface area contributed by atoms with E-state index in [1.54, 1.807) is 0 Å². The largest absolute Gasteiger partial charge is 0.466 e. The third kappa shape index (κ3) is 4.40. The van der Waals surface area contributed by atoms with E-state index in [0.29, 0.717) is 0 Å². The van der Waals surface area contributed by atoms with Crippen LogP contribution in [0.4, 0.5) is 18.9 Å². The van der Waals surface area contributed by atoms with Crippen molar-refractivity contribution < 1.29 is 22.7 Å². The number of halogens is 4. The Bertz CT molecular complexity index is 472. The van der Waals surface area contributed by atoms with Crippen LogP contribution in [0, 0.1) is 0 Å². The highest BCUT2D eigenvalue weighted by Crippen LogP contribution is 2.33. The van der Waals surface area contributed by atoms with Crippen LogP contribution in [0.15, 0.2) is 34.9 Å². The minimum Gasteiger partial charge on any atom is -0.466 e. The summed E-state index contributed by atoms with van der Waals surface area (Å²) in [7, 11) is 1.20. The summed E-state index contributed by atoms with van der Waals surface area (Å²) in [5.41, 5.74) is -0.581. The summed E-state index contributed by atoms with van der Waals surface area (Å²) in [5.74, 6) is -0.603. The molecule has 0 aliphatic carbocycles. The van der Waals surface area contributed by atoms with E-state index in [0.717, 1.165) is 18.2 Å². The highest BCUT2D eigenvalue weighted by atomic mass is 79.9. The first kappa shape index (κ1) is 14.6. The average Bonchev–Trinajstić information content (AvgIpc) is 2.27. The minimum atomic E-state index is -4.42. The lowest BCUT2D eigenvalue weighted by Crippen LogP contribution is -2.05. The van der Waals surface area contributed by atoms with E-state index < -0.39 is 17.7 Å². The van der Waals surface area contributed by atoms with Crippen molar-refractivity contribution in [2.24, 2.45) is 0 Å². The van der Waals surface area contributed by atoms with Gasteiger partial charge in [0.05, 0.1) is 12.7 Å². The number of nitrogens with one attached hydrogen (secondary N) is 1. The summed E-state index contributed by atoms with van der Waals surface area (Å²) >= 11 is 2.98. The van der Waals surface area contributed by atoms with Crippen molar-refractivity contribution in [1.82, 2.24) is 0 Å². The Balaban J connectivity index is 2.87. The lowest BCUT2D eigenvalue weighted by molar-refractivity contribution is -0.137. The van der Waals surface area contributed by atoms with Crippen LogP contribution in [0.2, 0.25) is 0 Å². The number of hydrogen-bond acceptors (Lipinski definition) is 3. The first-order valence-electron chi connectivity index (χ1n) is 4.72. The van der Waals surface area contributed by atoms with Gasteiger partial charge in [0, 0.05) is 22.4 Å². The van der Waals surface area contributed by atoms with Crippen LogP contribution < -0.4 is 5.32 Å². The molecular weight excluding hydrogens is 315 g/mol. The minimum absolute atomic E-state index is 0.205. The van der Waals surface area contributed by atoms with Crippen LogP contribution in [0.5, 0.6) is 0 Å².